The lowest BCUT2D eigenvalue weighted by atomic mass is 10.0. The Morgan fingerprint density at radius 2 is 1.27 bits per heavy atom. The van der Waals surface area contributed by atoms with Gasteiger partial charge in [0, 0.05) is 25.7 Å². The minimum absolute atomic E-state index is 0.00168. The number of nitrogens with zero attached hydrogens (tertiary/aromatic N) is 1. The van der Waals surface area contributed by atoms with Crippen molar-refractivity contribution in [3.05, 3.63) is 71.3 Å². The zero-order valence-electron chi connectivity index (χ0n) is 39.9. The van der Waals surface area contributed by atoms with E-state index in [1.807, 2.05) is 57.6 Å². The summed E-state index contributed by atoms with van der Waals surface area (Å²) in [5, 5.41) is 10.1. The summed E-state index contributed by atoms with van der Waals surface area (Å²) in [6.07, 6.45) is 35.8. The van der Waals surface area contributed by atoms with E-state index in [2.05, 4.69) is 33.8 Å². The average Bonchev–Trinajstić information content (AvgIpc) is 3.48. The van der Waals surface area contributed by atoms with Gasteiger partial charge in [0.2, 0.25) is 0 Å². The fourth-order valence-electron chi connectivity index (χ4n) is 6.56. The van der Waals surface area contributed by atoms with Crippen LogP contribution in [-0.2, 0) is 45.5 Å². The summed E-state index contributed by atoms with van der Waals surface area (Å²) in [4.78, 5) is 35.5. The second kappa shape index (κ2) is 35.5. The number of likely N-dealkylation sites (N-methyl/N-ethyl adjacent to an activating group) is 1. The summed E-state index contributed by atoms with van der Waals surface area (Å²) in [6, 6.07) is 0. The van der Waals surface area contributed by atoms with Gasteiger partial charge in [0.1, 0.15) is 31.3 Å². The Kier molecular flexibility index (Phi) is 32.8. The molecule has 0 aliphatic rings. The molecule has 0 aliphatic heterocycles. The molecule has 0 aromatic carbocycles. The number of esters is 2. The number of furan rings is 1. The van der Waals surface area contributed by atoms with Gasteiger partial charge in [0.25, 0.3) is 0 Å². The monoisotopic (exact) mass is 893 g/mol. The van der Waals surface area contributed by atoms with Crippen LogP contribution in [0, 0.1) is 13.8 Å². The lowest BCUT2D eigenvalue weighted by Gasteiger charge is -2.24. The highest BCUT2D eigenvalue weighted by atomic mass is 31.2. The predicted molar refractivity (Wildman–Crippen MR) is 252 cm³/mol. The molecule has 356 valence electrons. The van der Waals surface area contributed by atoms with Crippen LogP contribution >= 0.6 is 7.82 Å². The van der Waals surface area contributed by atoms with Crippen molar-refractivity contribution in [2.75, 3.05) is 47.5 Å². The molecule has 0 spiro atoms. The highest BCUT2D eigenvalue weighted by Gasteiger charge is 2.27. The third kappa shape index (κ3) is 32.0. The number of aryl methyl sites for hydroxylation is 2. The van der Waals surface area contributed by atoms with Crippen LogP contribution in [0.1, 0.15) is 171 Å². The number of hydrogen-bond acceptors (Lipinski definition) is 9. The molecule has 0 bridgehead atoms. The van der Waals surface area contributed by atoms with Crippen LogP contribution in [0.25, 0.3) is 0 Å². The van der Waals surface area contributed by atoms with Crippen molar-refractivity contribution in [3.63, 3.8) is 0 Å². The Labute approximate surface area is 376 Å². The summed E-state index contributed by atoms with van der Waals surface area (Å²) in [7, 11) is 1.38. The molecule has 0 fully saturated rings. The van der Waals surface area contributed by atoms with E-state index in [0.29, 0.717) is 43.1 Å². The van der Waals surface area contributed by atoms with Gasteiger partial charge >= 0.3 is 19.8 Å². The topological polar surface area (TPSA) is 142 Å². The molecule has 0 radical (unpaired) electrons. The van der Waals surface area contributed by atoms with Crippen molar-refractivity contribution in [1.82, 2.24) is 0 Å². The highest BCUT2D eigenvalue weighted by molar-refractivity contribution is 7.47. The predicted octanol–water partition coefficient (Wildman–Crippen LogP) is 12.1. The maximum Gasteiger partial charge on any atom is 0.472 e. The Hall–Kier alpha value is -2.79. The van der Waals surface area contributed by atoms with Gasteiger partial charge in [-0.05, 0) is 82.8 Å². The van der Waals surface area contributed by atoms with Gasteiger partial charge in [-0.3, -0.25) is 18.6 Å². The van der Waals surface area contributed by atoms with Crippen molar-refractivity contribution in [3.8, 4) is 0 Å². The van der Waals surface area contributed by atoms with Crippen molar-refractivity contribution in [2.45, 2.75) is 188 Å². The van der Waals surface area contributed by atoms with Gasteiger partial charge in [0.15, 0.2) is 6.10 Å². The van der Waals surface area contributed by atoms with E-state index in [1.54, 1.807) is 6.08 Å². The first kappa shape index (κ1) is 57.2. The first-order valence-electron chi connectivity index (χ1n) is 23.8. The molecule has 0 saturated heterocycles. The van der Waals surface area contributed by atoms with E-state index >= 15 is 0 Å². The molecule has 1 rings (SSSR count). The quantitative estimate of drug-likeness (QED) is 0.0164. The SMILES string of the molecule is CCCCC/C=C\C=C/[C@H](O)C/C=C\C/C=C/CCCC(=O)O[C@H](COC(=O)CCCCCCCCCCc1oc(CCCCC)c(C)c1C)COP(=O)(O)OCC[N+](C)(C)C. The molecule has 11 nitrogen and oxygen atoms in total. The van der Waals surface area contributed by atoms with Crippen LogP contribution in [-0.4, -0.2) is 86.1 Å². The van der Waals surface area contributed by atoms with E-state index in [9.17, 15) is 24.2 Å². The second-order valence-electron chi connectivity index (χ2n) is 17.6. The third-order valence-electron chi connectivity index (χ3n) is 10.6. The minimum Gasteiger partial charge on any atom is -0.466 e. The molecule has 2 N–H and O–H groups in total. The molecule has 0 aliphatic carbocycles. The van der Waals surface area contributed by atoms with Gasteiger partial charge in [-0.25, -0.2) is 4.57 Å². The number of quaternary nitrogens is 1. The number of carbonyl (C=O) groups is 2. The number of phosphoric acid groups is 1. The molecule has 0 saturated carbocycles. The van der Waals surface area contributed by atoms with E-state index < -0.39 is 38.6 Å². The Bertz CT molecular complexity index is 1490. The number of carbonyl (C=O) groups excluding carboxylic acids is 2. The van der Waals surface area contributed by atoms with E-state index in [-0.39, 0.29) is 26.1 Å². The maximum absolute atomic E-state index is 12.7. The molecular formula is C50H87NO10P+. The fourth-order valence-corrected chi connectivity index (χ4v) is 7.30. The number of rotatable bonds is 39. The molecule has 62 heavy (non-hydrogen) atoms. The molecule has 0 amide bonds. The van der Waals surface area contributed by atoms with Crippen molar-refractivity contribution >= 4 is 19.8 Å². The van der Waals surface area contributed by atoms with Gasteiger partial charge in [0.05, 0.1) is 33.9 Å². The number of ether oxygens (including phenoxy) is 2. The molecule has 12 heteroatoms. The smallest absolute Gasteiger partial charge is 0.466 e. The van der Waals surface area contributed by atoms with Crippen molar-refractivity contribution in [1.29, 1.82) is 0 Å². The third-order valence-corrected chi connectivity index (χ3v) is 11.6. The molecule has 1 unspecified atom stereocenters. The standard InChI is InChI=1S/C50H86NO10P/c1-8-10-12-13-17-22-28-33-45(52)34-29-23-18-16-21-26-32-38-50(54)60-46(42-59-62(55,56)58-40-39-51(5,6)7)41-57-49(53)37-31-25-20-15-14-19-24-30-36-48-44(4)43(3)47(61-48)35-27-11-9-2/h16-17,21-23,28-29,33,45-46,52H,8-15,18-20,24-27,30-32,34-42H2,1-7H3/p+1/b21-16+,22-17-,29-23-,33-28-/t45-,46+/m0/s1. The number of aliphatic hydroxyl groups is 1. The van der Waals surface area contributed by atoms with Crippen LogP contribution in [0.5, 0.6) is 0 Å². The van der Waals surface area contributed by atoms with Crippen LogP contribution in [0.2, 0.25) is 0 Å². The summed E-state index contributed by atoms with van der Waals surface area (Å²) in [5.41, 5.74) is 2.65. The lowest BCUT2D eigenvalue weighted by molar-refractivity contribution is -0.870. The zero-order chi connectivity index (χ0) is 45.9. The molecular weight excluding hydrogens is 806 g/mol. The number of allylic oxidation sites excluding steroid dienone is 6. The minimum atomic E-state index is -4.42. The lowest BCUT2D eigenvalue weighted by Crippen LogP contribution is -2.37. The number of phosphoric ester groups is 1. The maximum atomic E-state index is 12.7. The first-order chi connectivity index (χ1) is 29.7. The van der Waals surface area contributed by atoms with E-state index in [4.69, 9.17) is 22.9 Å². The molecule has 1 aromatic heterocycles. The average molecular weight is 893 g/mol. The van der Waals surface area contributed by atoms with Crippen LogP contribution in [0.4, 0.5) is 0 Å². The first-order valence-corrected chi connectivity index (χ1v) is 25.3. The normalized spacial score (nSPS) is 14.4. The van der Waals surface area contributed by atoms with Crippen LogP contribution < -0.4 is 0 Å². The summed E-state index contributed by atoms with van der Waals surface area (Å²) in [5.74, 6) is 1.40. The van der Waals surface area contributed by atoms with Crippen molar-refractivity contribution < 1.29 is 51.6 Å². The Morgan fingerprint density at radius 3 is 1.94 bits per heavy atom. The fraction of sp³-hybridized carbons (Fsp3) is 0.720. The van der Waals surface area contributed by atoms with Crippen LogP contribution in [0.3, 0.4) is 0 Å². The van der Waals surface area contributed by atoms with Crippen LogP contribution in [0.15, 0.2) is 53.0 Å². The summed E-state index contributed by atoms with van der Waals surface area (Å²) in [6.45, 7) is 8.53. The highest BCUT2D eigenvalue weighted by Crippen LogP contribution is 2.43. The van der Waals surface area contributed by atoms with Gasteiger partial charge in [-0.2, -0.15) is 0 Å². The van der Waals surface area contributed by atoms with Crippen molar-refractivity contribution in [2.24, 2.45) is 0 Å². The Balaban J connectivity index is 2.40. The second-order valence-corrected chi connectivity index (χ2v) is 19.0. The van der Waals surface area contributed by atoms with Gasteiger partial charge in [-0.15, -0.1) is 0 Å². The van der Waals surface area contributed by atoms with E-state index in [1.165, 1.54) is 74.7 Å². The van der Waals surface area contributed by atoms with Gasteiger partial charge in [-0.1, -0.05) is 127 Å². The van der Waals surface area contributed by atoms with Gasteiger partial charge < -0.3 is 28.4 Å². The number of unbranched alkanes of at least 4 members (excludes halogenated alkanes) is 13. The molecule has 3 atom stereocenters. The summed E-state index contributed by atoms with van der Waals surface area (Å²) < 4.78 is 40.5. The summed E-state index contributed by atoms with van der Waals surface area (Å²) >= 11 is 0. The molecule has 1 heterocycles. The largest absolute Gasteiger partial charge is 0.472 e. The molecule has 1 aromatic rings. The zero-order valence-corrected chi connectivity index (χ0v) is 40.8. The number of hydrogen-bond donors (Lipinski definition) is 2. The van der Waals surface area contributed by atoms with E-state index in [0.717, 1.165) is 50.7 Å². The Morgan fingerprint density at radius 1 is 0.694 bits per heavy atom. The number of aliphatic hydroxyl groups excluding tert-OH is 1.